The first kappa shape index (κ1) is 11.8. The van der Waals surface area contributed by atoms with Crippen LogP contribution in [0.1, 0.15) is 39.6 Å². The Balaban J connectivity index is 3.45. The van der Waals surface area contributed by atoms with Gasteiger partial charge in [-0.2, -0.15) is 0 Å². The number of hydrogen-bond acceptors (Lipinski definition) is 2. The van der Waals surface area contributed by atoms with Gasteiger partial charge < -0.3 is 0 Å². The first-order chi connectivity index (χ1) is 6.97. The predicted octanol–water partition coefficient (Wildman–Crippen LogP) is 3.29. The molecule has 0 amide bonds. The number of ketones is 1. The van der Waals surface area contributed by atoms with Crippen molar-refractivity contribution in [2.45, 2.75) is 13.3 Å². The molecule has 0 bridgehead atoms. The van der Waals surface area contributed by atoms with Crippen molar-refractivity contribution >= 4 is 23.7 Å². The molecule has 0 fully saturated rings. The summed E-state index contributed by atoms with van der Waals surface area (Å²) in [5, 5.41) is -0.131. The van der Waals surface area contributed by atoms with Crippen LogP contribution in [0.5, 0.6) is 0 Å². The summed E-state index contributed by atoms with van der Waals surface area (Å²) >= 11 is 5.61. The maximum Gasteiger partial charge on any atom is 0.263 e. The molecule has 0 aromatic heterocycles. The minimum absolute atomic E-state index is 0.0476. The van der Waals surface area contributed by atoms with E-state index in [9.17, 15) is 18.4 Å². The standard InChI is InChI=1S/C10H7ClF2O2/c1-5(15)7-2-6(10(12)13)3-9(11)8(7)4-14/h2-4,10H,1H3. The summed E-state index contributed by atoms with van der Waals surface area (Å²) in [6.45, 7) is 1.19. The summed E-state index contributed by atoms with van der Waals surface area (Å²) in [4.78, 5) is 21.7. The first-order valence-corrected chi connectivity index (χ1v) is 4.43. The molecule has 80 valence electrons. The van der Waals surface area contributed by atoms with E-state index in [2.05, 4.69) is 0 Å². The molecule has 1 aromatic rings. The molecule has 1 rings (SSSR count). The van der Waals surface area contributed by atoms with E-state index in [1.807, 2.05) is 0 Å². The number of alkyl halides is 2. The van der Waals surface area contributed by atoms with Gasteiger partial charge in [0.1, 0.15) is 0 Å². The van der Waals surface area contributed by atoms with Crippen LogP contribution in [0.2, 0.25) is 5.02 Å². The van der Waals surface area contributed by atoms with Gasteiger partial charge in [0.15, 0.2) is 12.1 Å². The van der Waals surface area contributed by atoms with Gasteiger partial charge in [-0.3, -0.25) is 9.59 Å². The van der Waals surface area contributed by atoms with E-state index in [4.69, 9.17) is 11.6 Å². The number of aldehydes is 1. The van der Waals surface area contributed by atoms with E-state index in [0.717, 1.165) is 12.1 Å². The molecular formula is C10H7ClF2O2. The van der Waals surface area contributed by atoms with Crippen molar-refractivity contribution in [3.8, 4) is 0 Å². The van der Waals surface area contributed by atoms with Crippen molar-refractivity contribution < 1.29 is 18.4 Å². The Labute approximate surface area is 89.8 Å². The van der Waals surface area contributed by atoms with E-state index in [0.29, 0.717) is 6.29 Å². The summed E-state index contributed by atoms with van der Waals surface area (Å²) in [6.07, 6.45) is -2.34. The Bertz CT molecular complexity index is 416. The highest BCUT2D eigenvalue weighted by molar-refractivity contribution is 6.33. The summed E-state index contributed by atoms with van der Waals surface area (Å²) in [7, 11) is 0. The first-order valence-electron chi connectivity index (χ1n) is 4.05. The lowest BCUT2D eigenvalue weighted by Gasteiger charge is -2.07. The second-order valence-electron chi connectivity index (χ2n) is 2.94. The fourth-order valence-corrected chi connectivity index (χ4v) is 1.45. The molecule has 1 aromatic carbocycles. The van der Waals surface area contributed by atoms with Crippen LogP contribution in [0.4, 0.5) is 8.78 Å². The van der Waals surface area contributed by atoms with E-state index < -0.39 is 12.2 Å². The highest BCUT2D eigenvalue weighted by Gasteiger charge is 2.16. The van der Waals surface area contributed by atoms with Crippen LogP contribution >= 0.6 is 11.6 Å². The van der Waals surface area contributed by atoms with E-state index in [1.165, 1.54) is 6.92 Å². The molecule has 0 heterocycles. The van der Waals surface area contributed by atoms with Crippen LogP contribution in [-0.2, 0) is 0 Å². The van der Waals surface area contributed by atoms with Gasteiger partial charge in [-0.15, -0.1) is 0 Å². The number of hydrogen-bond donors (Lipinski definition) is 0. The minimum atomic E-state index is -2.72. The molecule has 0 aliphatic rings. The van der Waals surface area contributed by atoms with Crippen LogP contribution in [-0.4, -0.2) is 12.1 Å². The smallest absolute Gasteiger partial charge is 0.263 e. The SMILES string of the molecule is CC(=O)c1cc(C(F)F)cc(Cl)c1C=O. The van der Waals surface area contributed by atoms with Gasteiger partial charge in [0.2, 0.25) is 0 Å². The van der Waals surface area contributed by atoms with Crippen molar-refractivity contribution in [3.05, 3.63) is 33.8 Å². The van der Waals surface area contributed by atoms with Crippen LogP contribution < -0.4 is 0 Å². The maximum atomic E-state index is 12.4. The summed E-state index contributed by atoms with van der Waals surface area (Å²) in [6, 6.07) is 1.98. The number of rotatable bonds is 3. The van der Waals surface area contributed by atoms with Crippen LogP contribution in [0.25, 0.3) is 0 Å². The largest absolute Gasteiger partial charge is 0.298 e. The van der Waals surface area contributed by atoms with E-state index >= 15 is 0 Å². The third-order valence-corrected chi connectivity index (χ3v) is 2.21. The Kier molecular flexibility index (Phi) is 3.52. The fourth-order valence-electron chi connectivity index (χ4n) is 1.18. The third-order valence-electron chi connectivity index (χ3n) is 1.90. The maximum absolute atomic E-state index is 12.4. The topological polar surface area (TPSA) is 34.1 Å². The number of halogens is 3. The summed E-state index contributed by atoms with van der Waals surface area (Å²) < 4.78 is 24.7. The molecule has 0 saturated heterocycles. The quantitative estimate of drug-likeness (QED) is 0.592. The van der Waals surface area contributed by atoms with E-state index in [1.54, 1.807) is 0 Å². The zero-order valence-electron chi connectivity index (χ0n) is 7.76. The van der Waals surface area contributed by atoms with Crippen LogP contribution in [0.15, 0.2) is 12.1 Å². The molecule has 0 spiro atoms. The summed E-state index contributed by atoms with van der Waals surface area (Å²) in [5.41, 5.74) is -0.489. The van der Waals surface area contributed by atoms with Crippen molar-refractivity contribution in [1.29, 1.82) is 0 Å². The normalized spacial score (nSPS) is 10.5. The average molecular weight is 233 g/mol. The van der Waals surface area contributed by atoms with Gasteiger partial charge in [-0.05, 0) is 19.1 Å². The Morgan fingerprint density at radius 2 is 2.07 bits per heavy atom. The van der Waals surface area contributed by atoms with Crippen molar-refractivity contribution in [3.63, 3.8) is 0 Å². The average Bonchev–Trinajstić information content (AvgIpc) is 2.16. The molecule has 0 unspecified atom stereocenters. The second kappa shape index (κ2) is 4.49. The minimum Gasteiger partial charge on any atom is -0.298 e. The van der Waals surface area contributed by atoms with Gasteiger partial charge in [-0.25, -0.2) is 8.78 Å². The van der Waals surface area contributed by atoms with Crippen LogP contribution in [0, 0.1) is 0 Å². The molecule has 0 radical (unpaired) electrons. The Morgan fingerprint density at radius 1 is 1.47 bits per heavy atom. The molecule has 0 aliphatic heterocycles. The van der Waals surface area contributed by atoms with Gasteiger partial charge in [0, 0.05) is 16.7 Å². The summed E-state index contributed by atoms with van der Waals surface area (Å²) in [5.74, 6) is -0.471. The molecule has 0 atom stereocenters. The van der Waals surface area contributed by atoms with Gasteiger partial charge >= 0.3 is 0 Å². The van der Waals surface area contributed by atoms with E-state index in [-0.39, 0.29) is 21.7 Å². The molecule has 0 aliphatic carbocycles. The number of carbonyl (C=O) groups is 2. The molecule has 2 nitrogen and oxygen atoms in total. The zero-order valence-corrected chi connectivity index (χ0v) is 8.52. The highest BCUT2D eigenvalue weighted by atomic mass is 35.5. The van der Waals surface area contributed by atoms with Crippen molar-refractivity contribution in [1.82, 2.24) is 0 Å². The Hall–Kier alpha value is -1.29. The number of benzene rings is 1. The van der Waals surface area contributed by atoms with Gasteiger partial charge in [0.05, 0.1) is 5.02 Å². The lowest BCUT2D eigenvalue weighted by Crippen LogP contribution is -2.02. The third kappa shape index (κ3) is 2.39. The highest BCUT2D eigenvalue weighted by Crippen LogP contribution is 2.27. The van der Waals surface area contributed by atoms with Crippen molar-refractivity contribution in [2.24, 2.45) is 0 Å². The second-order valence-corrected chi connectivity index (χ2v) is 3.35. The number of carbonyl (C=O) groups excluding carboxylic acids is 2. The molecule has 5 heteroatoms. The van der Waals surface area contributed by atoms with Crippen LogP contribution in [0.3, 0.4) is 0 Å². The lowest BCUT2D eigenvalue weighted by molar-refractivity contribution is 0.100. The molecule has 15 heavy (non-hydrogen) atoms. The van der Waals surface area contributed by atoms with Gasteiger partial charge in [0.25, 0.3) is 6.43 Å². The molecular weight excluding hydrogens is 226 g/mol. The van der Waals surface area contributed by atoms with Gasteiger partial charge in [-0.1, -0.05) is 11.6 Å². The van der Waals surface area contributed by atoms with Crippen molar-refractivity contribution in [2.75, 3.05) is 0 Å². The molecule has 0 saturated carbocycles. The Morgan fingerprint density at radius 3 is 2.47 bits per heavy atom. The fraction of sp³-hybridized carbons (Fsp3) is 0.200. The molecule has 0 N–H and O–H groups in total. The monoisotopic (exact) mass is 232 g/mol. The lowest BCUT2D eigenvalue weighted by atomic mass is 10.0. The zero-order chi connectivity index (χ0) is 11.6. The number of Topliss-reactive ketones (excluding diaryl/α,β-unsaturated/α-hetero) is 1. The predicted molar refractivity (Wildman–Crippen MR) is 51.8 cm³/mol.